The molecule has 0 atom stereocenters. The normalized spacial score (nSPS) is 11.7. The van der Waals surface area contributed by atoms with Gasteiger partial charge in [-0.25, -0.2) is 0 Å². The fraction of sp³-hybridized carbons (Fsp3) is 0.0952. The van der Waals surface area contributed by atoms with Crippen LogP contribution >= 0.6 is 0 Å². The lowest BCUT2D eigenvalue weighted by Crippen LogP contribution is -2.16. The zero-order chi connectivity index (χ0) is 17.8. The average molecular weight is 342 g/mol. The molecule has 0 saturated carbocycles. The lowest BCUT2D eigenvalue weighted by Gasteiger charge is -2.09. The van der Waals surface area contributed by atoms with Crippen LogP contribution in [0.15, 0.2) is 83.9 Å². The van der Waals surface area contributed by atoms with Crippen LogP contribution in [0.5, 0.6) is 5.75 Å². The maximum Gasteiger partial charge on any atom is 0.158 e. The second kappa shape index (κ2) is 7.19. The summed E-state index contributed by atoms with van der Waals surface area (Å²) in [6, 6.07) is 25.9. The number of aliphatic imine (C=N–C) groups is 1. The van der Waals surface area contributed by atoms with E-state index in [1.54, 1.807) is 11.8 Å². The van der Waals surface area contributed by atoms with Crippen molar-refractivity contribution in [3.05, 3.63) is 90.0 Å². The fourth-order valence-corrected chi connectivity index (χ4v) is 2.80. The van der Waals surface area contributed by atoms with Crippen LogP contribution in [-0.4, -0.2) is 27.9 Å². The molecule has 5 heteroatoms. The van der Waals surface area contributed by atoms with Crippen molar-refractivity contribution in [1.82, 2.24) is 15.0 Å². The van der Waals surface area contributed by atoms with E-state index in [0.717, 1.165) is 33.7 Å². The quantitative estimate of drug-likeness (QED) is 0.417. The van der Waals surface area contributed by atoms with E-state index in [0.29, 0.717) is 6.54 Å². The predicted molar refractivity (Wildman–Crippen MR) is 103 cm³/mol. The van der Waals surface area contributed by atoms with Gasteiger partial charge in [-0.3, -0.25) is 4.99 Å². The number of aromatic nitrogens is 3. The molecule has 1 heterocycles. The van der Waals surface area contributed by atoms with Gasteiger partial charge in [0.05, 0.1) is 19.2 Å². The summed E-state index contributed by atoms with van der Waals surface area (Å²) in [7, 11) is 1.66. The molecule has 1 aromatic heterocycles. The van der Waals surface area contributed by atoms with Crippen LogP contribution in [0.3, 0.4) is 0 Å². The number of para-hydroxylation sites is 1. The summed E-state index contributed by atoms with van der Waals surface area (Å²) in [5.41, 5.74) is 3.86. The topological polar surface area (TPSA) is 52.3 Å². The third-order valence-corrected chi connectivity index (χ3v) is 4.15. The van der Waals surface area contributed by atoms with Crippen molar-refractivity contribution in [3.63, 3.8) is 0 Å². The van der Waals surface area contributed by atoms with Gasteiger partial charge in [0.15, 0.2) is 5.84 Å². The smallest absolute Gasteiger partial charge is 0.158 e. The second-order valence-electron chi connectivity index (χ2n) is 5.84. The van der Waals surface area contributed by atoms with Crippen LogP contribution in [-0.2, 0) is 6.54 Å². The Morgan fingerprint density at radius 1 is 0.923 bits per heavy atom. The number of benzene rings is 3. The van der Waals surface area contributed by atoms with Gasteiger partial charge in [0.25, 0.3) is 0 Å². The van der Waals surface area contributed by atoms with Crippen LogP contribution < -0.4 is 4.74 Å². The van der Waals surface area contributed by atoms with Gasteiger partial charge in [-0.2, -0.15) is 4.68 Å². The molecule has 128 valence electrons. The molecule has 0 spiro atoms. The number of nitrogens with zero attached hydrogens (tertiary/aromatic N) is 4. The van der Waals surface area contributed by atoms with Crippen LogP contribution in [0.25, 0.3) is 11.0 Å². The second-order valence-corrected chi connectivity index (χ2v) is 5.84. The molecule has 0 aliphatic carbocycles. The van der Waals surface area contributed by atoms with E-state index < -0.39 is 0 Å². The number of rotatable bonds is 4. The first-order valence-corrected chi connectivity index (χ1v) is 8.39. The zero-order valence-electron chi connectivity index (χ0n) is 14.4. The number of hydrogen-bond donors (Lipinski definition) is 0. The molecule has 0 bridgehead atoms. The molecule has 0 amide bonds. The highest BCUT2D eigenvalue weighted by Crippen LogP contribution is 2.17. The van der Waals surface area contributed by atoms with Crippen molar-refractivity contribution in [2.24, 2.45) is 4.99 Å². The van der Waals surface area contributed by atoms with Crippen LogP contribution in [0.4, 0.5) is 0 Å². The number of ether oxygens (including phenoxy) is 1. The van der Waals surface area contributed by atoms with Crippen molar-refractivity contribution in [2.45, 2.75) is 6.54 Å². The third kappa shape index (κ3) is 3.19. The molecule has 0 fully saturated rings. The highest BCUT2D eigenvalue weighted by molar-refractivity contribution is 6.03. The summed E-state index contributed by atoms with van der Waals surface area (Å²) < 4.78 is 7.06. The highest BCUT2D eigenvalue weighted by atomic mass is 16.5. The highest BCUT2D eigenvalue weighted by Gasteiger charge is 2.12. The van der Waals surface area contributed by atoms with Crippen LogP contribution in [0.1, 0.15) is 11.1 Å². The predicted octanol–water partition coefficient (Wildman–Crippen LogP) is 3.94. The van der Waals surface area contributed by atoms with Gasteiger partial charge in [0.2, 0.25) is 0 Å². The summed E-state index contributed by atoms with van der Waals surface area (Å²) in [6.07, 6.45) is 0. The molecule has 4 aromatic rings. The average Bonchev–Trinajstić information content (AvgIpc) is 3.13. The van der Waals surface area contributed by atoms with Crippen LogP contribution in [0, 0.1) is 0 Å². The maximum atomic E-state index is 5.26. The monoisotopic (exact) mass is 342 g/mol. The zero-order valence-corrected chi connectivity index (χ0v) is 14.4. The number of hydrogen-bond acceptors (Lipinski definition) is 4. The Kier molecular flexibility index (Phi) is 4.43. The Balaban J connectivity index is 1.80. The number of fused-ring (bicyclic) bond motifs is 1. The van der Waals surface area contributed by atoms with Gasteiger partial charge in [-0.1, -0.05) is 47.7 Å². The SMILES string of the molecule is COc1ccc(C(=NCc2ccccc2)n2nnc3ccccc32)cc1. The van der Waals surface area contributed by atoms with Crippen molar-refractivity contribution in [3.8, 4) is 5.75 Å². The van der Waals surface area contributed by atoms with E-state index in [9.17, 15) is 0 Å². The van der Waals surface area contributed by atoms with E-state index in [4.69, 9.17) is 9.73 Å². The van der Waals surface area contributed by atoms with E-state index in [1.807, 2.05) is 66.7 Å². The van der Waals surface area contributed by atoms with E-state index >= 15 is 0 Å². The first-order chi connectivity index (χ1) is 12.8. The minimum atomic E-state index is 0.566. The summed E-state index contributed by atoms with van der Waals surface area (Å²) in [6.45, 7) is 0.566. The van der Waals surface area contributed by atoms with Gasteiger partial charge in [-0.15, -0.1) is 5.10 Å². The van der Waals surface area contributed by atoms with Crippen molar-refractivity contribution in [1.29, 1.82) is 0 Å². The standard InChI is InChI=1S/C21H18N4O/c1-26-18-13-11-17(12-14-18)21(22-15-16-7-3-2-4-8-16)25-20-10-6-5-9-19(20)23-24-25/h2-14H,15H2,1H3. The molecule has 0 saturated heterocycles. The number of methoxy groups -OCH3 is 1. The minimum Gasteiger partial charge on any atom is -0.497 e. The Morgan fingerprint density at radius 2 is 1.65 bits per heavy atom. The lowest BCUT2D eigenvalue weighted by molar-refractivity contribution is 0.415. The Hall–Kier alpha value is -3.47. The summed E-state index contributed by atoms with van der Waals surface area (Å²) in [5, 5.41) is 8.59. The summed E-state index contributed by atoms with van der Waals surface area (Å²) in [5.74, 6) is 1.56. The molecule has 0 aliphatic heterocycles. The first kappa shape index (κ1) is 16.0. The molecule has 0 radical (unpaired) electrons. The van der Waals surface area contributed by atoms with E-state index in [1.165, 1.54) is 0 Å². The summed E-state index contributed by atoms with van der Waals surface area (Å²) >= 11 is 0. The Morgan fingerprint density at radius 3 is 2.42 bits per heavy atom. The molecule has 5 nitrogen and oxygen atoms in total. The molecule has 4 rings (SSSR count). The van der Waals surface area contributed by atoms with Gasteiger partial charge in [-0.05, 0) is 42.0 Å². The molecule has 3 aromatic carbocycles. The molecule has 0 aliphatic rings. The third-order valence-electron chi connectivity index (χ3n) is 4.15. The largest absolute Gasteiger partial charge is 0.497 e. The lowest BCUT2D eigenvalue weighted by atomic mass is 10.2. The van der Waals surface area contributed by atoms with Crippen molar-refractivity contribution in [2.75, 3.05) is 7.11 Å². The molecular formula is C21H18N4O. The molecule has 26 heavy (non-hydrogen) atoms. The van der Waals surface area contributed by atoms with Crippen molar-refractivity contribution < 1.29 is 4.74 Å². The van der Waals surface area contributed by atoms with Gasteiger partial charge >= 0.3 is 0 Å². The van der Waals surface area contributed by atoms with Gasteiger partial charge in [0.1, 0.15) is 11.3 Å². The van der Waals surface area contributed by atoms with E-state index in [2.05, 4.69) is 22.4 Å². The Bertz CT molecular complexity index is 1040. The van der Waals surface area contributed by atoms with E-state index in [-0.39, 0.29) is 0 Å². The van der Waals surface area contributed by atoms with Crippen molar-refractivity contribution >= 4 is 16.9 Å². The van der Waals surface area contributed by atoms with Gasteiger partial charge in [0, 0.05) is 5.56 Å². The molecule has 0 unspecified atom stereocenters. The van der Waals surface area contributed by atoms with Gasteiger partial charge < -0.3 is 4.74 Å². The molecular weight excluding hydrogens is 324 g/mol. The fourth-order valence-electron chi connectivity index (χ4n) is 2.80. The summed E-state index contributed by atoms with van der Waals surface area (Å²) in [4.78, 5) is 4.85. The minimum absolute atomic E-state index is 0.566. The van der Waals surface area contributed by atoms with Crippen LogP contribution in [0.2, 0.25) is 0 Å². The maximum absolute atomic E-state index is 5.26. The Labute approximate surface area is 151 Å². The first-order valence-electron chi connectivity index (χ1n) is 8.39. The molecule has 0 N–H and O–H groups in total.